The van der Waals surface area contributed by atoms with E-state index in [1.54, 1.807) is 36.4 Å². The number of nitrogens with zero attached hydrogens (tertiary/aromatic N) is 1. The van der Waals surface area contributed by atoms with E-state index < -0.39 is 5.82 Å². The molecule has 0 unspecified atom stereocenters. The molecule has 0 fully saturated rings. The van der Waals surface area contributed by atoms with Gasteiger partial charge < -0.3 is 4.74 Å². The third-order valence-corrected chi connectivity index (χ3v) is 3.14. The third kappa shape index (κ3) is 3.80. The Hall–Kier alpha value is -2.38. The quantitative estimate of drug-likeness (QED) is 0.849. The number of carbonyl (C=O) groups excluding carboxylic acids is 1. The lowest BCUT2D eigenvalue weighted by Gasteiger charge is -2.08. The number of Topliss-reactive ketones (excluding diaryl/α,β-unsaturated/α-hetero) is 1. The van der Waals surface area contributed by atoms with Crippen LogP contribution in [0, 0.1) is 17.1 Å². The molecule has 2 aromatic rings. The Labute approximate surface area is 126 Å². The summed E-state index contributed by atoms with van der Waals surface area (Å²) in [5, 5.41) is 9.25. The molecule has 0 atom stereocenters. The molecule has 0 aromatic heterocycles. The zero-order chi connectivity index (χ0) is 15.2. The van der Waals surface area contributed by atoms with E-state index in [0.717, 1.165) is 0 Å². The lowest BCUT2D eigenvalue weighted by molar-refractivity contribution is -0.120. The Bertz CT molecular complexity index is 710. The molecule has 3 nitrogen and oxygen atoms in total. The molecule has 0 spiro atoms. The number of ether oxygens (including phenoxy) is 1. The van der Waals surface area contributed by atoms with Gasteiger partial charge in [0, 0.05) is 6.42 Å². The number of benzene rings is 2. The number of ketones is 1. The van der Waals surface area contributed by atoms with Crippen LogP contribution >= 0.6 is 11.6 Å². The molecule has 0 amide bonds. The fourth-order valence-corrected chi connectivity index (χ4v) is 2.00. The van der Waals surface area contributed by atoms with Crippen molar-refractivity contribution < 1.29 is 13.9 Å². The summed E-state index contributed by atoms with van der Waals surface area (Å²) in [7, 11) is 0. The number of hydrogen-bond donors (Lipinski definition) is 0. The Kier molecular flexibility index (Phi) is 4.91. The van der Waals surface area contributed by atoms with E-state index in [1.807, 2.05) is 6.07 Å². The minimum absolute atomic E-state index is 0.0604. The summed E-state index contributed by atoms with van der Waals surface area (Å²) >= 11 is 5.86. The fraction of sp³-hybridized carbons (Fsp3) is 0.125. The summed E-state index contributed by atoms with van der Waals surface area (Å²) in [5.41, 5.74) is 0.496. The first-order valence-corrected chi connectivity index (χ1v) is 6.56. The first kappa shape index (κ1) is 15.0. The molecule has 0 aliphatic heterocycles. The summed E-state index contributed by atoms with van der Waals surface area (Å²) in [6, 6.07) is 12.7. The molecule has 0 saturated heterocycles. The normalized spacial score (nSPS) is 9.95. The number of halogens is 2. The van der Waals surface area contributed by atoms with Crippen molar-refractivity contribution in [1.82, 2.24) is 0 Å². The van der Waals surface area contributed by atoms with Crippen LogP contribution in [0.25, 0.3) is 0 Å². The lowest BCUT2D eigenvalue weighted by Crippen LogP contribution is -2.15. The minimum Gasteiger partial charge on any atom is -0.484 e. The van der Waals surface area contributed by atoms with E-state index in [1.165, 1.54) is 6.07 Å². The first-order chi connectivity index (χ1) is 10.1. The standard InChI is InChI=1S/C16H11ClFNO2/c17-14-5-3-7-16(13(14)9-19)21-10-12(20)8-11-4-1-2-6-15(11)18/h1-7H,8,10H2. The van der Waals surface area contributed by atoms with Gasteiger partial charge in [-0.2, -0.15) is 5.26 Å². The highest BCUT2D eigenvalue weighted by Crippen LogP contribution is 2.25. The second-order valence-corrected chi connectivity index (χ2v) is 4.73. The predicted molar refractivity (Wildman–Crippen MR) is 76.8 cm³/mol. The van der Waals surface area contributed by atoms with Gasteiger partial charge in [-0.1, -0.05) is 35.9 Å². The maximum Gasteiger partial charge on any atom is 0.174 e. The monoisotopic (exact) mass is 303 g/mol. The first-order valence-electron chi connectivity index (χ1n) is 6.18. The molecule has 0 aliphatic rings. The number of nitriles is 1. The fourth-order valence-electron chi connectivity index (χ4n) is 1.80. The van der Waals surface area contributed by atoms with Crippen molar-refractivity contribution in [3.63, 3.8) is 0 Å². The van der Waals surface area contributed by atoms with Gasteiger partial charge in [-0.05, 0) is 23.8 Å². The summed E-state index contributed by atoms with van der Waals surface area (Å²) in [6.07, 6.45) is -0.0604. The van der Waals surface area contributed by atoms with Gasteiger partial charge in [-0.3, -0.25) is 4.79 Å². The van der Waals surface area contributed by atoms with Crippen molar-refractivity contribution in [3.05, 3.63) is 64.4 Å². The molecular weight excluding hydrogens is 293 g/mol. The maximum atomic E-state index is 13.4. The molecule has 0 N–H and O–H groups in total. The zero-order valence-corrected chi connectivity index (χ0v) is 11.7. The van der Waals surface area contributed by atoms with Gasteiger partial charge in [0.15, 0.2) is 5.78 Å². The number of rotatable bonds is 5. The van der Waals surface area contributed by atoms with Gasteiger partial charge in [-0.15, -0.1) is 0 Å². The smallest absolute Gasteiger partial charge is 0.174 e. The van der Waals surface area contributed by atoms with Gasteiger partial charge in [0.2, 0.25) is 0 Å². The van der Waals surface area contributed by atoms with E-state index in [2.05, 4.69) is 0 Å². The topological polar surface area (TPSA) is 50.1 Å². The highest BCUT2D eigenvalue weighted by atomic mass is 35.5. The van der Waals surface area contributed by atoms with Crippen LogP contribution in [0.5, 0.6) is 5.75 Å². The maximum absolute atomic E-state index is 13.4. The second kappa shape index (κ2) is 6.87. The Morgan fingerprint density at radius 1 is 1.24 bits per heavy atom. The van der Waals surface area contributed by atoms with Crippen molar-refractivity contribution in [2.75, 3.05) is 6.61 Å². The lowest BCUT2D eigenvalue weighted by atomic mass is 10.1. The Balaban J connectivity index is 2.01. The third-order valence-electron chi connectivity index (χ3n) is 2.82. The van der Waals surface area contributed by atoms with Gasteiger partial charge in [-0.25, -0.2) is 4.39 Å². The molecule has 0 heterocycles. The van der Waals surface area contributed by atoms with E-state index in [0.29, 0.717) is 5.56 Å². The summed E-state index contributed by atoms with van der Waals surface area (Å²) in [5.74, 6) is -0.470. The van der Waals surface area contributed by atoms with Crippen molar-refractivity contribution in [2.24, 2.45) is 0 Å². The highest BCUT2D eigenvalue weighted by molar-refractivity contribution is 6.31. The van der Waals surface area contributed by atoms with Crippen LogP contribution in [0.1, 0.15) is 11.1 Å². The van der Waals surface area contributed by atoms with E-state index in [4.69, 9.17) is 21.6 Å². The molecule has 0 bridgehead atoms. The van der Waals surface area contributed by atoms with Crippen LogP contribution < -0.4 is 4.74 Å². The molecule has 0 radical (unpaired) electrons. The van der Waals surface area contributed by atoms with Crippen LogP contribution in [0.4, 0.5) is 4.39 Å². The van der Waals surface area contributed by atoms with Crippen molar-refractivity contribution >= 4 is 17.4 Å². The van der Waals surface area contributed by atoms with Crippen LogP contribution in [0.2, 0.25) is 5.02 Å². The van der Waals surface area contributed by atoms with E-state index in [-0.39, 0.29) is 35.1 Å². The molecule has 2 rings (SSSR count). The number of carbonyl (C=O) groups is 1. The number of hydrogen-bond acceptors (Lipinski definition) is 3. The Morgan fingerprint density at radius 2 is 2.00 bits per heavy atom. The molecule has 106 valence electrons. The van der Waals surface area contributed by atoms with Crippen molar-refractivity contribution in [1.29, 1.82) is 5.26 Å². The highest BCUT2D eigenvalue weighted by Gasteiger charge is 2.11. The van der Waals surface area contributed by atoms with Gasteiger partial charge in [0.05, 0.1) is 5.02 Å². The predicted octanol–water partition coefficient (Wildman–Crippen LogP) is 3.54. The van der Waals surface area contributed by atoms with E-state index in [9.17, 15) is 9.18 Å². The molecule has 0 aliphatic carbocycles. The molecule has 21 heavy (non-hydrogen) atoms. The molecular formula is C16H11ClFNO2. The average Bonchev–Trinajstić information content (AvgIpc) is 2.47. The summed E-state index contributed by atoms with van der Waals surface area (Å²) in [4.78, 5) is 11.8. The van der Waals surface area contributed by atoms with Crippen molar-refractivity contribution in [3.8, 4) is 11.8 Å². The van der Waals surface area contributed by atoms with Crippen LogP contribution in [0.15, 0.2) is 42.5 Å². The van der Waals surface area contributed by atoms with Crippen LogP contribution in [-0.4, -0.2) is 12.4 Å². The summed E-state index contributed by atoms with van der Waals surface area (Å²) in [6.45, 7) is -0.247. The average molecular weight is 304 g/mol. The van der Waals surface area contributed by atoms with Gasteiger partial charge in [0.25, 0.3) is 0 Å². The van der Waals surface area contributed by atoms with Crippen LogP contribution in [0.3, 0.4) is 0 Å². The summed E-state index contributed by atoms with van der Waals surface area (Å²) < 4.78 is 18.7. The largest absolute Gasteiger partial charge is 0.484 e. The van der Waals surface area contributed by atoms with Crippen LogP contribution in [-0.2, 0) is 11.2 Å². The second-order valence-electron chi connectivity index (χ2n) is 4.32. The van der Waals surface area contributed by atoms with Gasteiger partial charge in [0.1, 0.15) is 29.8 Å². The Morgan fingerprint density at radius 3 is 2.71 bits per heavy atom. The zero-order valence-electron chi connectivity index (χ0n) is 11.0. The molecule has 5 heteroatoms. The van der Waals surface area contributed by atoms with E-state index >= 15 is 0 Å². The minimum atomic E-state index is -0.425. The SMILES string of the molecule is N#Cc1c(Cl)cccc1OCC(=O)Cc1ccccc1F. The molecule has 0 saturated carbocycles. The van der Waals surface area contributed by atoms with Gasteiger partial charge >= 0.3 is 0 Å². The van der Waals surface area contributed by atoms with Crippen molar-refractivity contribution in [2.45, 2.75) is 6.42 Å². The molecule has 2 aromatic carbocycles.